The van der Waals surface area contributed by atoms with Crippen LogP contribution in [0.15, 0.2) is 23.5 Å². The molecular weight excluding hydrogens is 390 g/mol. The standard InChI is InChI=1S/C23H39N7O/c1-2-24-22(25-12-6-5-10-20-8-3-4-9-20)26-15-11-21(31)29-16-18-30(19-17-29)23-27-13-7-14-28-23/h7,13-14,20H,2-6,8-12,15-19H2,1H3,(H2,24,25,26). The first-order valence-corrected chi connectivity index (χ1v) is 12.1. The van der Waals surface area contributed by atoms with Crippen molar-refractivity contribution in [2.45, 2.75) is 58.3 Å². The number of piperazine rings is 1. The minimum atomic E-state index is 0.188. The summed E-state index contributed by atoms with van der Waals surface area (Å²) in [6.45, 7) is 7.32. The molecule has 0 radical (unpaired) electrons. The number of aliphatic imine (C=N–C) groups is 1. The van der Waals surface area contributed by atoms with Gasteiger partial charge in [0, 0.05) is 64.6 Å². The molecule has 1 amide bonds. The van der Waals surface area contributed by atoms with Crippen LogP contribution in [0.2, 0.25) is 0 Å². The van der Waals surface area contributed by atoms with Gasteiger partial charge in [0.05, 0.1) is 0 Å². The zero-order chi connectivity index (χ0) is 21.7. The summed E-state index contributed by atoms with van der Waals surface area (Å²) >= 11 is 0. The van der Waals surface area contributed by atoms with Gasteiger partial charge >= 0.3 is 0 Å². The number of unbranched alkanes of at least 4 members (excludes halogenated alkanes) is 1. The molecule has 2 fully saturated rings. The van der Waals surface area contributed by atoms with Gasteiger partial charge in [-0.05, 0) is 25.3 Å². The number of carbonyl (C=O) groups is 1. The van der Waals surface area contributed by atoms with Crippen LogP contribution in [0.1, 0.15) is 58.3 Å². The number of nitrogens with zero attached hydrogens (tertiary/aromatic N) is 5. The Labute approximate surface area is 186 Å². The molecule has 2 N–H and O–H groups in total. The van der Waals surface area contributed by atoms with E-state index < -0.39 is 0 Å². The van der Waals surface area contributed by atoms with Gasteiger partial charge in [-0.15, -0.1) is 0 Å². The predicted octanol–water partition coefficient (Wildman–Crippen LogP) is 2.43. The summed E-state index contributed by atoms with van der Waals surface area (Å²) in [5.74, 6) is 2.71. The maximum absolute atomic E-state index is 12.6. The molecule has 1 saturated heterocycles. The van der Waals surface area contributed by atoms with Gasteiger partial charge in [-0.25, -0.2) is 9.97 Å². The van der Waals surface area contributed by atoms with Gasteiger partial charge in [-0.3, -0.25) is 9.79 Å². The van der Waals surface area contributed by atoms with Crippen LogP contribution >= 0.6 is 0 Å². The topological polar surface area (TPSA) is 85.8 Å². The van der Waals surface area contributed by atoms with E-state index in [-0.39, 0.29) is 5.91 Å². The Morgan fingerprint density at radius 1 is 1.10 bits per heavy atom. The Morgan fingerprint density at radius 3 is 2.55 bits per heavy atom. The Balaban J connectivity index is 1.31. The molecule has 0 atom stereocenters. The maximum Gasteiger partial charge on any atom is 0.225 e. The molecule has 1 aromatic rings. The Hall–Kier alpha value is -2.38. The van der Waals surface area contributed by atoms with Crippen LogP contribution < -0.4 is 15.5 Å². The predicted molar refractivity (Wildman–Crippen MR) is 125 cm³/mol. The van der Waals surface area contributed by atoms with E-state index in [0.717, 1.165) is 50.4 Å². The molecule has 2 heterocycles. The molecule has 1 aliphatic carbocycles. The van der Waals surface area contributed by atoms with Crippen molar-refractivity contribution in [2.24, 2.45) is 10.9 Å². The summed E-state index contributed by atoms with van der Waals surface area (Å²) < 4.78 is 0. The van der Waals surface area contributed by atoms with Crippen LogP contribution in [-0.2, 0) is 4.79 Å². The molecule has 0 spiro atoms. The molecular formula is C23H39N7O. The third kappa shape index (κ3) is 7.99. The minimum Gasteiger partial charge on any atom is -0.357 e. The zero-order valence-corrected chi connectivity index (χ0v) is 19.1. The number of anilines is 1. The second kappa shape index (κ2) is 13.1. The van der Waals surface area contributed by atoms with E-state index in [9.17, 15) is 4.79 Å². The molecule has 2 aliphatic rings. The molecule has 8 nitrogen and oxygen atoms in total. The van der Waals surface area contributed by atoms with Crippen molar-refractivity contribution in [2.75, 3.05) is 50.7 Å². The van der Waals surface area contributed by atoms with Crippen molar-refractivity contribution < 1.29 is 4.79 Å². The van der Waals surface area contributed by atoms with Gasteiger partial charge in [0.15, 0.2) is 5.96 Å². The fraction of sp³-hybridized carbons (Fsp3) is 0.739. The molecule has 0 aromatic carbocycles. The number of carbonyl (C=O) groups excluding carboxylic acids is 1. The van der Waals surface area contributed by atoms with E-state index in [1.54, 1.807) is 12.4 Å². The van der Waals surface area contributed by atoms with Crippen molar-refractivity contribution in [3.63, 3.8) is 0 Å². The van der Waals surface area contributed by atoms with E-state index >= 15 is 0 Å². The van der Waals surface area contributed by atoms with Gasteiger partial charge in [0.25, 0.3) is 0 Å². The summed E-state index contributed by atoms with van der Waals surface area (Å²) in [6.07, 6.45) is 13.5. The third-order valence-electron chi connectivity index (χ3n) is 6.21. The summed E-state index contributed by atoms with van der Waals surface area (Å²) in [6, 6.07) is 1.82. The second-order valence-corrected chi connectivity index (χ2v) is 8.50. The molecule has 3 rings (SSSR count). The third-order valence-corrected chi connectivity index (χ3v) is 6.21. The van der Waals surface area contributed by atoms with Crippen LogP contribution in [0.3, 0.4) is 0 Å². The quantitative estimate of drug-likeness (QED) is 0.338. The average molecular weight is 430 g/mol. The highest BCUT2D eigenvalue weighted by atomic mass is 16.2. The largest absolute Gasteiger partial charge is 0.357 e. The molecule has 8 heteroatoms. The Bertz CT molecular complexity index is 668. The first-order valence-electron chi connectivity index (χ1n) is 12.1. The lowest BCUT2D eigenvalue weighted by Crippen LogP contribution is -2.50. The lowest BCUT2D eigenvalue weighted by atomic mass is 10.0. The zero-order valence-electron chi connectivity index (χ0n) is 19.1. The number of hydrogen-bond donors (Lipinski definition) is 2. The van der Waals surface area contributed by atoms with Crippen LogP contribution in [0.25, 0.3) is 0 Å². The number of rotatable bonds is 10. The van der Waals surface area contributed by atoms with E-state index in [2.05, 4.69) is 37.4 Å². The summed E-state index contributed by atoms with van der Waals surface area (Å²) in [5, 5.41) is 6.60. The van der Waals surface area contributed by atoms with E-state index in [0.29, 0.717) is 26.1 Å². The van der Waals surface area contributed by atoms with Gasteiger partial charge < -0.3 is 20.4 Å². The van der Waals surface area contributed by atoms with Crippen molar-refractivity contribution in [1.82, 2.24) is 25.5 Å². The fourth-order valence-electron chi connectivity index (χ4n) is 4.43. The van der Waals surface area contributed by atoms with Crippen LogP contribution in [-0.4, -0.2) is 72.5 Å². The van der Waals surface area contributed by atoms with Crippen molar-refractivity contribution in [3.05, 3.63) is 18.5 Å². The highest BCUT2D eigenvalue weighted by molar-refractivity contribution is 5.81. The van der Waals surface area contributed by atoms with E-state index in [1.807, 2.05) is 11.0 Å². The van der Waals surface area contributed by atoms with Gasteiger partial charge in [-0.2, -0.15) is 0 Å². The maximum atomic E-state index is 12.6. The number of guanidine groups is 1. The number of amides is 1. The second-order valence-electron chi connectivity index (χ2n) is 8.50. The molecule has 0 bridgehead atoms. The van der Waals surface area contributed by atoms with Gasteiger partial charge in [0.2, 0.25) is 11.9 Å². The van der Waals surface area contributed by atoms with Crippen LogP contribution in [0, 0.1) is 5.92 Å². The number of aromatic nitrogens is 2. The fourth-order valence-corrected chi connectivity index (χ4v) is 4.43. The summed E-state index contributed by atoms with van der Waals surface area (Å²) in [4.78, 5) is 29.9. The first-order chi connectivity index (χ1) is 15.3. The highest BCUT2D eigenvalue weighted by Gasteiger charge is 2.22. The van der Waals surface area contributed by atoms with Crippen LogP contribution in [0.5, 0.6) is 0 Å². The number of nitrogens with one attached hydrogen (secondary N) is 2. The van der Waals surface area contributed by atoms with Crippen molar-refractivity contribution in [3.8, 4) is 0 Å². The lowest BCUT2D eigenvalue weighted by Gasteiger charge is -2.34. The first kappa shape index (κ1) is 23.3. The Kier molecular flexibility index (Phi) is 9.86. The lowest BCUT2D eigenvalue weighted by molar-refractivity contribution is -0.131. The monoisotopic (exact) mass is 429 g/mol. The normalized spacial score (nSPS) is 17.8. The van der Waals surface area contributed by atoms with E-state index in [4.69, 9.17) is 0 Å². The average Bonchev–Trinajstić information content (AvgIpc) is 3.33. The van der Waals surface area contributed by atoms with Crippen molar-refractivity contribution in [1.29, 1.82) is 0 Å². The summed E-state index contributed by atoms with van der Waals surface area (Å²) in [7, 11) is 0. The summed E-state index contributed by atoms with van der Waals surface area (Å²) in [5.41, 5.74) is 0. The van der Waals surface area contributed by atoms with Crippen LogP contribution in [0.4, 0.5) is 5.95 Å². The van der Waals surface area contributed by atoms with E-state index in [1.165, 1.54) is 38.5 Å². The Morgan fingerprint density at radius 2 is 1.84 bits per heavy atom. The molecule has 0 unspecified atom stereocenters. The van der Waals surface area contributed by atoms with Gasteiger partial charge in [-0.1, -0.05) is 38.5 Å². The molecule has 1 saturated carbocycles. The molecule has 1 aromatic heterocycles. The SMILES string of the molecule is CCNC(=NCCCCC1CCCC1)NCCC(=O)N1CCN(c2ncccn2)CC1. The smallest absolute Gasteiger partial charge is 0.225 e. The molecule has 172 valence electrons. The highest BCUT2D eigenvalue weighted by Crippen LogP contribution is 2.28. The number of hydrogen-bond acceptors (Lipinski definition) is 5. The molecule has 31 heavy (non-hydrogen) atoms. The molecule has 1 aliphatic heterocycles. The minimum absolute atomic E-state index is 0.188. The van der Waals surface area contributed by atoms with Gasteiger partial charge in [0.1, 0.15) is 0 Å². The van der Waals surface area contributed by atoms with Crippen molar-refractivity contribution >= 4 is 17.8 Å².